The van der Waals surface area contributed by atoms with E-state index in [9.17, 15) is 14.0 Å². The highest BCUT2D eigenvalue weighted by Gasteiger charge is 2.33. The van der Waals surface area contributed by atoms with Crippen molar-refractivity contribution in [2.45, 2.75) is 13.0 Å². The van der Waals surface area contributed by atoms with Crippen LogP contribution >= 0.6 is 22.9 Å². The second-order valence-corrected chi connectivity index (χ2v) is 8.43. The van der Waals surface area contributed by atoms with E-state index < -0.39 is 23.4 Å². The lowest BCUT2D eigenvalue weighted by molar-refractivity contribution is -0.138. The van der Waals surface area contributed by atoms with Gasteiger partial charge in [-0.15, -0.1) is 0 Å². The lowest BCUT2D eigenvalue weighted by Crippen LogP contribution is -2.39. The topological polar surface area (TPSA) is 60.7 Å². The fourth-order valence-corrected chi connectivity index (χ4v) is 4.77. The van der Waals surface area contributed by atoms with E-state index in [0.29, 0.717) is 10.5 Å². The van der Waals surface area contributed by atoms with E-state index in [2.05, 4.69) is 11.6 Å². The van der Waals surface area contributed by atoms with Crippen molar-refractivity contribution in [3.05, 3.63) is 114 Å². The van der Waals surface area contributed by atoms with Crippen LogP contribution in [0.3, 0.4) is 0 Å². The Labute approximate surface area is 192 Å². The summed E-state index contributed by atoms with van der Waals surface area (Å²) in [6, 6.07) is 12.7. The molecule has 0 bridgehead atoms. The summed E-state index contributed by atoms with van der Waals surface area (Å²) < 4.78 is 21.3. The van der Waals surface area contributed by atoms with Crippen LogP contribution in [-0.4, -0.2) is 17.1 Å². The predicted molar refractivity (Wildman–Crippen MR) is 123 cm³/mol. The van der Waals surface area contributed by atoms with Crippen LogP contribution in [0.2, 0.25) is 5.02 Å². The summed E-state index contributed by atoms with van der Waals surface area (Å²) in [6.45, 7) is 5.30. The molecule has 2 aromatic carbocycles. The van der Waals surface area contributed by atoms with Gasteiger partial charge in [0, 0.05) is 5.56 Å². The number of hydrogen-bond donors (Lipinski definition) is 0. The van der Waals surface area contributed by atoms with E-state index >= 15 is 0 Å². The van der Waals surface area contributed by atoms with Gasteiger partial charge in [0.15, 0.2) is 4.80 Å². The summed E-state index contributed by atoms with van der Waals surface area (Å²) in [7, 11) is 0. The number of aromatic nitrogens is 1. The third kappa shape index (κ3) is 3.97. The van der Waals surface area contributed by atoms with Gasteiger partial charge in [0.2, 0.25) is 0 Å². The van der Waals surface area contributed by atoms with Gasteiger partial charge in [-0.2, -0.15) is 0 Å². The van der Waals surface area contributed by atoms with Crippen molar-refractivity contribution < 1.29 is 13.9 Å². The molecule has 162 valence electrons. The standard InChI is InChI=1S/C24H18ClFN2O3S/c1-3-12-31-23(30)20-14(2)27-24-28(21(20)15-8-5-4-6-9-15)22(29)19(32-24)13-16-17(25)10-7-11-18(16)26/h3-11,13,21H,1,12H2,2H3. The minimum Gasteiger partial charge on any atom is -0.458 e. The van der Waals surface area contributed by atoms with Gasteiger partial charge in [-0.3, -0.25) is 9.36 Å². The lowest BCUT2D eigenvalue weighted by atomic mass is 9.96. The Hall–Kier alpha value is -3.29. The molecule has 0 aliphatic carbocycles. The SMILES string of the molecule is C=CCOC(=O)C1=C(C)N=c2sc(=Cc3c(F)cccc3Cl)c(=O)n2C1c1ccccc1. The molecule has 1 aromatic heterocycles. The quantitative estimate of drug-likeness (QED) is 0.423. The van der Waals surface area contributed by atoms with Crippen LogP contribution in [0.1, 0.15) is 24.1 Å². The molecule has 1 atom stereocenters. The van der Waals surface area contributed by atoms with Crippen LogP contribution in [0.5, 0.6) is 0 Å². The van der Waals surface area contributed by atoms with Crippen molar-refractivity contribution in [3.8, 4) is 0 Å². The zero-order chi connectivity index (χ0) is 22.8. The molecule has 3 aromatic rings. The maximum atomic E-state index is 14.3. The van der Waals surface area contributed by atoms with E-state index in [-0.39, 0.29) is 27.3 Å². The molecule has 0 amide bonds. The molecule has 1 aliphatic heterocycles. The summed E-state index contributed by atoms with van der Waals surface area (Å²) in [4.78, 5) is 31.2. The van der Waals surface area contributed by atoms with E-state index in [1.807, 2.05) is 30.3 Å². The van der Waals surface area contributed by atoms with Gasteiger partial charge in [0.1, 0.15) is 12.4 Å². The Bertz CT molecular complexity index is 1400. The molecule has 1 unspecified atom stereocenters. The number of fused-ring (bicyclic) bond motifs is 1. The van der Waals surface area contributed by atoms with Crippen LogP contribution in [0.25, 0.3) is 6.08 Å². The Morgan fingerprint density at radius 2 is 2.03 bits per heavy atom. The van der Waals surface area contributed by atoms with Gasteiger partial charge >= 0.3 is 5.97 Å². The minimum absolute atomic E-state index is 0.0350. The van der Waals surface area contributed by atoms with Gasteiger partial charge in [-0.05, 0) is 30.7 Å². The zero-order valence-electron chi connectivity index (χ0n) is 17.0. The first-order valence-electron chi connectivity index (χ1n) is 9.72. The van der Waals surface area contributed by atoms with E-state index in [1.165, 1.54) is 28.9 Å². The maximum absolute atomic E-state index is 14.3. The van der Waals surface area contributed by atoms with Crippen molar-refractivity contribution >= 4 is 35.0 Å². The van der Waals surface area contributed by atoms with Crippen molar-refractivity contribution in [1.82, 2.24) is 4.57 Å². The van der Waals surface area contributed by atoms with Gasteiger partial charge in [-0.25, -0.2) is 14.2 Å². The molecule has 0 spiro atoms. The van der Waals surface area contributed by atoms with Crippen LogP contribution in [0.15, 0.2) is 82.2 Å². The molecule has 0 N–H and O–H groups in total. The van der Waals surface area contributed by atoms with Crippen LogP contribution in [0, 0.1) is 5.82 Å². The second kappa shape index (κ2) is 9.06. The van der Waals surface area contributed by atoms with Gasteiger partial charge in [0.25, 0.3) is 5.56 Å². The highest BCUT2D eigenvalue weighted by atomic mass is 35.5. The zero-order valence-corrected chi connectivity index (χ0v) is 18.6. The number of benzene rings is 2. The molecule has 0 saturated heterocycles. The lowest BCUT2D eigenvalue weighted by Gasteiger charge is -2.24. The van der Waals surface area contributed by atoms with Crippen molar-refractivity contribution in [2.75, 3.05) is 6.61 Å². The first-order chi connectivity index (χ1) is 15.4. The van der Waals surface area contributed by atoms with Crippen molar-refractivity contribution in [1.29, 1.82) is 0 Å². The molecular weight excluding hydrogens is 451 g/mol. The Kier molecular flexibility index (Phi) is 6.21. The van der Waals surface area contributed by atoms with Crippen molar-refractivity contribution in [3.63, 3.8) is 0 Å². The molecule has 32 heavy (non-hydrogen) atoms. The average Bonchev–Trinajstić information content (AvgIpc) is 3.09. The molecule has 0 radical (unpaired) electrons. The molecule has 2 heterocycles. The van der Waals surface area contributed by atoms with Crippen molar-refractivity contribution in [2.24, 2.45) is 4.99 Å². The number of nitrogens with zero attached hydrogens (tertiary/aromatic N) is 2. The Morgan fingerprint density at radius 3 is 2.72 bits per heavy atom. The first kappa shape index (κ1) is 21.9. The van der Waals surface area contributed by atoms with Gasteiger partial charge < -0.3 is 4.74 Å². The normalized spacial score (nSPS) is 15.8. The molecule has 5 nitrogen and oxygen atoms in total. The van der Waals surface area contributed by atoms with Crippen LogP contribution in [0.4, 0.5) is 4.39 Å². The van der Waals surface area contributed by atoms with E-state index in [1.54, 1.807) is 13.0 Å². The van der Waals surface area contributed by atoms with Gasteiger partial charge in [-0.1, -0.05) is 72.0 Å². The fraction of sp³-hybridized carbons (Fsp3) is 0.125. The van der Waals surface area contributed by atoms with Gasteiger partial charge in [0.05, 0.1) is 26.9 Å². The number of halogens is 2. The highest BCUT2D eigenvalue weighted by molar-refractivity contribution is 7.07. The van der Waals surface area contributed by atoms with Crippen LogP contribution < -0.4 is 14.9 Å². The number of esters is 1. The number of hydrogen-bond acceptors (Lipinski definition) is 5. The molecule has 8 heteroatoms. The fourth-order valence-electron chi connectivity index (χ4n) is 3.53. The number of carbonyl (C=O) groups is 1. The third-order valence-electron chi connectivity index (χ3n) is 4.96. The Balaban J connectivity index is 1.96. The number of thiazole rings is 1. The predicted octanol–water partition coefficient (Wildman–Crippen LogP) is 3.76. The first-order valence-corrected chi connectivity index (χ1v) is 10.9. The molecular formula is C24H18ClFN2O3S. The number of ether oxygens (including phenoxy) is 1. The molecule has 0 saturated carbocycles. The van der Waals surface area contributed by atoms with E-state index in [0.717, 1.165) is 16.9 Å². The summed E-state index contributed by atoms with van der Waals surface area (Å²) >= 11 is 7.25. The highest BCUT2D eigenvalue weighted by Crippen LogP contribution is 2.30. The number of carbonyl (C=O) groups excluding carboxylic acids is 1. The molecule has 1 aliphatic rings. The summed E-state index contributed by atoms with van der Waals surface area (Å²) in [5, 5.41) is 0.195. The Morgan fingerprint density at radius 1 is 1.28 bits per heavy atom. The van der Waals surface area contributed by atoms with E-state index in [4.69, 9.17) is 16.3 Å². The maximum Gasteiger partial charge on any atom is 0.338 e. The summed E-state index contributed by atoms with van der Waals surface area (Å²) in [5.41, 5.74) is 1.16. The average molecular weight is 469 g/mol. The number of allylic oxidation sites excluding steroid dienone is 1. The van der Waals surface area contributed by atoms with Crippen LogP contribution in [-0.2, 0) is 9.53 Å². The second-order valence-electron chi connectivity index (χ2n) is 7.01. The largest absolute Gasteiger partial charge is 0.458 e. The minimum atomic E-state index is -0.733. The summed E-state index contributed by atoms with van der Waals surface area (Å²) in [6.07, 6.45) is 2.89. The molecule has 0 fully saturated rings. The smallest absolute Gasteiger partial charge is 0.338 e. The third-order valence-corrected chi connectivity index (χ3v) is 6.28. The molecule has 4 rings (SSSR count). The summed E-state index contributed by atoms with van der Waals surface area (Å²) in [5.74, 6) is -1.11. The monoisotopic (exact) mass is 468 g/mol. The number of rotatable bonds is 5.